The Labute approximate surface area is 641 Å². The summed E-state index contributed by atoms with van der Waals surface area (Å²) in [5, 5.41) is 6.72. The van der Waals surface area contributed by atoms with Gasteiger partial charge in [0.2, 0.25) is 0 Å². The van der Waals surface area contributed by atoms with Crippen molar-refractivity contribution < 1.29 is 73.6 Å². The summed E-state index contributed by atoms with van der Waals surface area (Å²) >= 11 is 0. The molecule has 0 saturated carbocycles. The molecule has 0 fully saturated rings. The Kier molecular flexibility index (Phi) is 26.0. The van der Waals surface area contributed by atoms with Gasteiger partial charge in [-0.25, -0.2) is 0 Å². The van der Waals surface area contributed by atoms with Crippen molar-refractivity contribution in [3.05, 3.63) is 361 Å². The van der Waals surface area contributed by atoms with Crippen molar-refractivity contribution in [2.45, 2.75) is 48.5 Å². The Hall–Kier alpha value is -10.8. The third kappa shape index (κ3) is 18.3. The first-order valence-electron chi connectivity index (χ1n) is 32.9. The zero-order valence-corrected chi connectivity index (χ0v) is 64.7. The SMILES string of the molecule is Cc1ccc(-c2[c-]ccc3c2oc2ccccc23)nc1.Cc1ccc(-c2[c-]cccc2)nc1.Cc1ccc(-c2[c-]cccc2)nc1.Cc1ccc(-c2[c-]cccc2)nc1.Cc1ccnc(-c2[c-]ccc3c2oc2ccccc23)c1.Cc1cnc(-c2[c-]ccc3c2oc2ccccc23)cc1C.[Ir].[Ir].[Ir]. The molecule has 12 heteroatoms. The van der Waals surface area contributed by atoms with E-state index in [1.165, 1.54) is 33.4 Å². The summed E-state index contributed by atoms with van der Waals surface area (Å²) in [7, 11) is 0. The number of para-hydroxylation sites is 3. The van der Waals surface area contributed by atoms with Gasteiger partial charge in [-0.3, -0.25) is 0 Å². The molecule has 0 spiro atoms. The Morgan fingerprint density at radius 3 is 0.903 bits per heavy atom. The molecule has 18 rings (SSSR count). The minimum absolute atomic E-state index is 0. The second kappa shape index (κ2) is 35.7. The predicted molar refractivity (Wildman–Crippen MR) is 406 cm³/mol. The zero-order chi connectivity index (χ0) is 68.7. The number of fused-ring (bicyclic) bond motifs is 9. The van der Waals surface area contributed by atoms with Crippen LogP contribution in [0.1, 0.15) is 38.9 Å². The summed E-state index contributed by atoms with van der Waals surface area (Å²) < 4.78 is 18.0. The zero-order valence-electron chi connectivity index (χ0n) is 57.5. The third-order valence-corrected chi connectivity index (χ3v) is 16.7. The van der Waals surface area contributed by atoms with E-state index < -0.39 is 0 Å². The fourth-order valence-electron chi connectivity index (χ4n) is 11.2. The van der Waals surface area contributed by atoms with Gasteiger partial charge in [0.1, 0.15) is 16.7 Å². The van der Waals surface area contributed by atoms with Gasteiger partial charge >= 0.3 is 0 Å². The molecule has 0 atom stereocenters. The second-order valence-electron chi connectivity index (χ2n) is 24.2. The molecule has 103 heavy (non-hydrogen) atoms. The summed E-state index contributed by atoms with van der Waals surface area (Å²) in [5.74, 6) is 0. The molecule has 0 unspecified atom stereocenters. The van der Waals surface area contributed by atoms with Crippen molar-refractivity contribution in [3.63, 3.8) is 0 Å². The number of furan rings is 3. The maximum Gasteiger partial charge on any atom is 0.120 e. The molecule has 0 N–H and O–H groups in total. The summed E-state index contributed by atoms with van der Waals surface area (Å²) in [6.45, 7) is 14.4. The average Bonchev–Trinajstić information content (AvgIpc) is 1.64. The van der Waals surface area contributed by atoms with E-state index in [1.807, 2.05) is 259 Å². The summed E-state index contributed by atoms with van der Waals surface area (Å²) in [5.41, 5.74) is 25.1. The van der Waals surface area contributed by atoms with E-state index in [2.05, 4.69) is 142 Å². The van der Waals surface area contributed by atoms with Crippen LogP contribution in [0.4, 0.5) is 0 Å². The number of benzene rings is 9. The normalized spacial score (nSPS) is 10.4. The second-order valence-corrected chi connectivity index (χ2v) is 24.2. The van der Waals surface area contributed by atoms with E-state index in [4.69, 9.17) is 13.3 Å². The van der Waals surface area contributed by atoms with Crippen LogP contribution in [-0.2, 0) is 60.3 Å². The first-order valence-corrected chi connectivity index (χ1v) is 32.9. The van der Waals surface area contributed by atoms with Gasteiger partial charge in [0.05, 0.1) is 16.7 Å². The van der Waals surface area contributed by atoms with Gasteiger partial charge < -0.3 is 43.2 Å². The third-order valence-electron chi connectivity index (χ3n) is 16.7. The van der Waals surface area contributed by atoms with Crippen LogP contribution in [0.3, 0.4) is 0 Å². The fourth-order valence-corrected chi connectivity index (χ4v) is 11.2. The minimum atomic E-state index is 0. The fraction of sp³-hybridized carbons (Fsp3) is 0.0769. The Morgan fingerprint density at radius 1 is 0.243 bits per heavy atom. The van der Waals surface area contributed by atoms with Crippen LogP contribution in [0, 0.1) is 84.9 Å². The number of nitrogens with zero attached hydrogens (tertiary/aromatic N) is 6. The van der Waals surface area contributed by atoms with E-state index >= 15 is 0 Å². The smallest absolute Gasteiger partial charge is 0.120 e. The minimum Gasteiger partial charge on any atom is -0.501 e. The van der Waals surface area contributed by atoms with Crippen LogP contribution in [0.5, 0.6) is 0 Å². The Balaban J connectivity index is 0.000000134. The van der Waals surface area contributed by atoms with Gasteiger partial charge in [0, 0.05) is 114 Å². The van der Waals surface area contributed by atoms with E-state index in [9.17, 15) is 0 Å². The number of aryl methyl sites for hydroxylation is 7. The van der Waals surface area contributed by atoms with Crippen molar-refractivity contribution in [1.82, 2.24) is 29.9 Å². The van der Waals surface area contributed by atoms with Gasteiger partial charge in [0.25, 0.3) is 0 Å². The molecule has 9 aromatic heterocycles. The van der Waals surface area contributed by atoms with Crippen LogP contribution < -0.4 is 0 Å². The maximum atomic E-state index is 6.04. The number of hydrogen-bond acceptors (Lipinski definition) is 9. The van der Waals surface area contributed by atoms with E-state index in [0.717, 1.165) is 139 Å². The molecule has 9 aromatic carbocycles. The summed E-state index contributed by atoms with van der Waals surface area (Å²) in [6.07, 6.45) is 11.2. The van der Waals surface area contributed by atoms with E-state index in [-0.39, 0.29) is 60.3 Å². The van der Waals surface area contributed by atoms with Crippen LogP contribution in [0.25, 0.3) is 133 Å². The summed E-state index contributed by atoms with van der Waals surface area (Å²) in [4.78, 5) is 26.4. The molecule has 0 aliphatic carbocycles. The summed E-state index contributed by atoms with van der Waals surface area (Å²) in [6, 6.07) is 101. The molecule has 0 bridgehead atoms. The van der Waals surface area contributed by atoms with Crippen LogP contribution in [0.2, 0.25) is 0 Å². The molecule has 0 saturated heterocycles. The average molecular weight is 1870 g/mol. The number of aromatic nitrogens is 6. The van der Waals surface area contributed by atoms with Gasteiger partial charge in [-0.05, 0) is 135 Å². The quantitative estimate of drug-likeness (QED) is 0.150. The number of rotatable bonds is 6. The predicted octanol–water partition coefficient (Wildman–Crippen LogP) is 23.1. The topological polar surface area (TPSA) is 117 Å². The molecule has 513 valence electrons. The first-order chi connectivity index (χ1) is 49.0. The van der Waals surface area contributed by atoms with Crippen molar-refractivity contribution in [2.24, 2.45) is 0 Å². The van der Waals surface area contributed by atoms with Gasteiger partial charge in [0.15, 0.2) is 0 Å². The van der Waals surface area contributed by atoms with Crippen molar-refractivity contribution in [3.8, 4) is 67.5 Å². The molecule has 3 radical (unpaired) electrons. The van der Waals surface area contributed by atoms with Crippen molar-refractivity contribution in [1.29, 1.82) is 0 Å². The number of pyridine rings is 6. The Morgan fingerprint density at radius 2 is 0.573 bits per heavy atom. The van der Waals surface area contributed by atoms with Crippen molar-refractivity contribution >= 4 is 65.8 Å². The molecule has 0 amide bonds. The molecule has 9 heterocycles. The van der Waals surface area contributed by atoms with Crippen LogP contribution >= 0.6 is 0 Å². The molecule has 0 aliphatic rings. The van der Waals surface area contributed by atoms with Gasteiger partial charge in [-0.15, -0.1) is 162 Å². The Bertz CT molecular complexity index is 5540. The van der Waals surface area contributed by atoms with Crippen molar-refractivity contribution in [2.75, 3.05) is 0 Å². The van der Waals surface area contributed by atoms with E-state index in [0.29, 0.717) is 0 Å². The van der Waals surface area contributed by atoms with Crippen LogP contribution in [0.15, 0.2) is 299 Å². The first kappa shape index (κ1) is 74.9. The van der Waals surface area contributed by atoms with Gasteiger partial charge in [-0.2, -0.15) is 0 Å². The molecule has 0 aliphatic heterocycles. The number of hydrogen-bond donors (Lipinski definition) is 0. The molecule has 18 aromatic rings. The standard InChI is InChI=1S/C19H14NO.2C18H12NO.3C12H10N.3Ir/c1-12-10-17(20-11-13(12)2)16-8-5-7-15-14-6-3-4-9-18(14)21-19(15)16;1-12-9-10-19-16(11-12)15-7-4-6-14-13-5-2-3-8-17(13)20-18(14)15;1-12-9-10-16(19-11-12)15-7-4-6-14-13-5-2-3-8-17(13)20-18(14)15;3*1-10-7-8-12(13-9-10)11-5-3-2-4-6-11;;;/h3-7,9-11H,1-2H3;2*2-6,8-11H,1H3;3*2-5,7-9H,1H3;;;/q6*-1;;;. The van der Waals surface area contributed by atoms with Crippen LogP contribution in [-0.4, -0.2) is 29.9 Å². The largest absolute Gasteiger partial charge is 0.501 e. The van der Waals surface area contributed by atoms with Gasteiger partial charge in [-0.1, -0.05) is 159 Å². The molecular weight excluding hydrogens is 1800 g/mol. The molecular formula is C91H68Ir3N6O3-6. The van der Waals surface area contributed by atoms with E-state index in [1.54, 1.807) is 0 Å². The monoisotopic (exact) mass is 1870 g/mol. The molecule has 9 nitrogen and oxygen atoms in total. The maximum absolute atomic E-state index is 6.04.